The van der Waals surface area contributed by atoms with Gasteiger partial charge in [0.1, 0.15) is 5.00 Å². The van der Waals surface area contributed by atoms with Crippen molar-refractivity contribution in [2.45, 2.75) is 86.9 Å². The highest BCUT2D eigenvalue weighted by molar-refractivity contribution is 7.17. The fourth-order valence-corrected chi connectivity index (χ4v) is 8.71. The van der Waals surface area contributed by atoms with Crippen LogP contribution in [0.3, 0.4) is 0 Å². The Bertz CT molecular complexity index is 1900. The minimum Gasteiger partial charge on any atom is -0.378 e. The van der Waals surface area contributed by atoms with Gasteiger partial charge in [0.15, 0.2) is 0 Å². The molecule has 14 heteroatoms. The number of thiophene rings is 1. The number of carbonyl (C=O) groups is 3. The van der Waals surface area contributed by atoms with Crippen LogP contribution in [0.5, 0.6) is 0 Å². The van der Waals surface area contributed by atoms with Gasteiger partial charge in [-0.15, -0.1) is 11.3 Å². The summed E-state index contributed by atoms with van der Waals surface area (Å²) in [7, 11) is 1.96. The largest absolute Gasteiger partial charge is 0.417 e. The van der Waals surface area contributed by atoms with Crippen molar-refractivity contribution in [3.63, 3.8) is 0 Å². The molecule has 312 valence electrons. The lowest BCUT2D eigenvalue weighted by atomic mass is 9.77. The number of halogens is 4. The standard InChI is InChI=1S/C43H57ClF3N5O4S/c1-9-26(2)27(3)28(4)29(5)38(53)48-17-19-56-20-18-52(8)25-31-11-10-12-32(21-31)39(54)50-41-37(33-15-16-42(6,7)23-36(33)57-41)40(55)51-49-24-30-13-14-35(44)34(22-30)43(45,46)47/h10-14,21-22,24,26-29H,9,15-20,23,25H2,1-8H3,(H,48,53)(H,50,54)(H,51,55)/b49-24+/t26-,27-,28+,29-/m1/s1. The van der Waals surface area contributed by atoms with Crippen molar-refractivity contribution in [3.05, 3.63) is 85.7 Å². The van der Waals surface area contributed by atoms with Crippen LogP contribution in [0.2, 0.25) is 5.02 Å². The summed E-state index contributed by atoms with van der Waals surface area (Å²) in [4.78, 5) is 43.0. The Labute approximate surface area is 344 Å². The van der Waals surface area contributed by atoms with Crippen molar-refractivity contribution in [3.8, 4) is 0 Å². The van der Waals surface area contributed by atoms with E-state index in [4.69, 9.17) is 16.3 Å². The zero-order chi connectivity index (χ0) is 42.1. The molecule has 1 heterocycles. The highest BCUT2D eigenvalue weighted by atomic mass is 35.5. The fourth-order valence-electron chi connectivity index (χ4n) is 6.99. The van der Waals surface area contributed by atoms with E-state index in [2.05, 4.69) is 67.6 Å². The van der Waals surface area contributed by atoms with Gasteiger partial charge in [-0.05, 0) is 90.4 Å². The lowest BCUT2D eigenvalue weighted by Crippen LogP contribution is -2.37. The van der Waals surface area contributed by atoms with E-state index in [1.807, 2.05) is 32.2 Å². The summed E-state index contributed by atoms with van der Waals surface area (Å²) in [6.45, 7) is 17.6. The van der Waals surface area contributed by atoms with Crippen molar-refractivity contribution in [2.75, 3.05) is 38.7 Å². The zero-order valence-corrected chi connectivity index (χ0v) is 35.8. The van der Waals surface area contributed by atoms with E-state index in [0.717, 1.165) is 53.6 Å². The van der Waals surface area contributed by atoms with E-state index in [1.165, 1.54) is 17.4 Å². The first-order chi connectivity index (χ1) is 26.8. The summed E-state index contributed by atoms with van der Waals surface area (Å²) < 4.78 is 45.8. The predicted molar refractivity (Wildman–Crippen MR) is 223 cm³/mol. The van der Waals surface area contributed by atoms with Gasteiger partial charge in [0, 0.05) is 36.0 Å². The van der Waals surface area contributed by atoms with Gasteiger partial charge in [-0.1, -0.05) is 84.7 Å². The Balaban J connectivity index is 1.33. The third kappa shape index (κ3) is 12.9. The molecule has 1 aromatic heterocycles. The van der Waals surface area contributed by atoms with Gasteiger partial charge in [0.2, 0.25) is 5.91 Å². The number of anilines is 1. The number of hydrogen-bond acceptors (Lipinski definition) is 7. The van der Waals surface area contributed by atoms with E-state index in [1.54, 1.807) is 6.07 Å². The summed E-state index contributed by atoms with van der Waals surface area (Å²) in [5.41, 5.74) is 4.05. The number of alkyl halides is 3. The van der Waals surface area contributed by atoms with Gasteiger partial charge in [-0.2, -0.15) is 18.3 Å². The second-order valence-electron chi connectivity index (χ2n) is 16.2. The van der Waals surface area contributed by atoms with Gasteiger partial charge in [0.25, 0.3) is 11.8 Å². The van der Waals surface area contributed by atoms with Gasteiger partial charge >= 0.3 is 6.18 Å². The van der Waals surface area contributed by atoms with Crippen LogP contribution < -0.4 is 16.1 Å². The summed E-state index contributed by atoms with van der Waals surface area (Å²) in [6, 6.07) is 10.6. The van der Waals surface area contributed by atoms with Crippen LogP contribution in [0.25, 0.3) is 0 Å². The van der Waals surface area contributed by atoms with Crippen LogP contribution in [0, 0.1) is 29.1 Å². The van der Waals surface area contributed by atoms with E-state index in [9.17, 15) is 27.6 Å². The van der Waals surface area contributed by atoms with Crippen LogP contribution in [0.15, 0.2) is 47.6 Å². The first kappa shape index (κ1) is 45.9. The van der Waals surface area contributed by atoms with Crippen LogP contribution in [0.1, 0.15) is 109 Å². The number of benzene rings is 2. The maximum absolute atomic E-state index is 13.7. The smallest absolute Gasteiger partial charge is 0.378 e. The van der Waals surface area contributed by atoms with Gasteiger partial charge in [0.05, 0.1) is 35.6 Å². The average molecular weight is 832 g/mol. The number of ether oxygens (including phenoxy) is 1. The molecule has 0 bridgehead atoms. The summed E-state index contributed by atoms with van der Waals surface area (Å²) in [5, 5.41) is 9.87. The Morgan fingerprint density at radius 1 is 1.05 bits per heavy atom. The number of rotatable bonds is 18. The normalized spacial score (nSPS) is 16.2. The van der Waals surface area contributed by atoms with E-state index in [-0.39, 0.29) is 34.6 Å². The molecule has 0 fully saturated rings. The third-order valence-corrected chi connectivity index (χ3v) is 12.8. The highest BCUT2D eigenvalue weighted by Gasteiger charge is 2.34. The molecule has 57 heavy (non-hydrogen) atoms. The molecule has 3 amide bonds. The van der Waals surface area contributed by atoms with Crippen LogP contribution in [-0.2, 0) is 35.1 Å². The number of hydrogen-bond donors (Lipinski definition) is 3. The predicted octanol–water partition coefficient (Wildman–Crippen LogP) is 9.47. The van der Waals surface area contributed by atoms with Crippen LogP contribution in [0.4, 0.5) is 18.2 Å². The minimum atomic E-state index is -4.64. The molecule has 0 saturated carbocycles. The first-order valence-electron chi connectivity index (χ1n) is 19.6. The number of hydrazone groups is 1. The maximum Gasteiger partial charge on any atom is 0.417 e. The molecule has 0 aliphatic heterocycles. The maximum atomic E-state index is 13.7. The molecule has 3 N–H and O–H groups in total. The van der Waals surface area contributed by atoms with Crippen LogP contribution >= 0.6 is 22.9 Å². The van der Waals surface area contributed by atoms with Crippen LogP contribution in [-0.4, -0.2) is 62.2 Å². The number of nitrogens with zero attached hydrogens (tertiary/aromatic N) is 2. The van der Waals surface area contributed by atoms with Gasteiger partial charge in [-0.3, -0.25) is 19.3 Å². The highest BCUT2D eigenvalue weighted by Crippen LogP contribution is 2.44. The molecular weight excluding hydrogens is 775 g/mol. The minimum absolute atomic E-state index is 0.0140. The summed E-state index contributed by atoms with van der Waals surface area (Å²) in [5.74, 6) is 0.350. The molecule has 0 spiro atoms. The molecule has 1 aliphatic carbocycles. The van der Waals surface area contributed by atoms with E-state index in [0.29, 0.717) is 67.2 Å². The molecule has 4 rings (SSSR count). The SMILES string of the molecule is CC[C@@H](C)[C@@H](C)[C@H](C)[C@@H](C)C(=O)NCCOCCN(C)Cc1cccc(C(=O)Nc2sc3c(c2C(=O)N/N=C/c2ccc(Cl)c(C(F)(F)F)c2)CCC(C)(C)C3)c1. The second kappa shape index (κ2) is 20.3. The Morgan fingerprint density at radius 3 is 2.49 bits per heavy atom. The lowest BCUT2D eigenvalue weighted by molar-refractivity contribution is -0.137. The summed E-state index contributed by atoms with van der Waals surface area (Å²) in [6.07, 6.45) is -0.227. The molecule has 2 aromatic carbocycles. The first-order valence-corrected chi connectivity index (χ1v) is 20.8. The van der Waals surface area contributed by atoms with Crippen molar-refractivity contribution in [1.29, 1.82) is 0 Å². The van der Waals surface area contributed by atoms with Gasteiger partial charge in [-0.25, -0.2) is 5.43 Å². The molecular formula is C43H57ClF3N5O4S. The average Bonchev–Trinajstić information content (AvgIpc) is 3.50. The molecule has 0 saturated heterocycles. The topological polar surface area (TPSA) is 112 Å². The van der Waals surface area contributed by atoms with E-state index < -0.39 is 22.7 Å². The number of amides is 3. The molecule has 0 radical (unpaired) electrons. The third-order valence-electron chi connectivity index (χ3n) is 11.3. The van der Waals surface area contributed by atoms with Crippen molar-refractivity contribution < 1.29 is 32.3 Å². The number of fused-ring (bicyclic) bond motifs is 1. The number of nitrogens with one attached hydrogen (secondary N) is 3. The Morgan fingerprint density at radius 2 is 1.79 bits per heavy atom. The molecule has 0 unspecified atom stereocenters. The molecule has 9 nitrogen and oxygen atoms in total. The second-order valence-corrected chi connectivity index (χ2v) is 17.7. The fraction of sp³-hybridized carbons (Fsp3) is 0.535. The Hall–Kier alpha value is -3.78. The zero-order valence-electron chi connectivity index (χ0n) is 34.2. The summed E-state index contributed by atoms with van der Waals surface area (Å²) >= 11 is 7.10. The number of likely N-dealkylation sites (N-methyl/N-ethyl adjacent to an activating group) is 1. The molecule has 3 aromatic rings. The number of carbonyl (C=O) groups excluding carboxylic acids is 3. The molecule has 1 aliphatic rings. The van der Waals surface area contributed by atoms with Crippen molar-refractivity contribution >= 4 is 51.9 Å². The quantitative estimate of drug-likeness (QED) is 0.0672. The monoisotopic (exact) mass is 831 g/mol. The molecule has 4 atom stereocenters. The lowest BCUT2D eigenvalue weighted by Gasteiger charge is -2.29. The Kier molecular flexibility index (Phi) is 16.3. The van der Waals surface area contributed by atoms with Gasteiger partial charge < -0.3 is 15.4 Å². The van der Waals surface area contributed by atoms with Crippen molar-refractivity contribution in [2.24, 2.45) is 34.2 Å². The van der Waals surface area contributed by atoms with Crippen molar-refractivity contribution in [1.82, 2.24) is 15.6 Å². The van der Waals surface area contributed by atoms with E-state index >= 15 is 0 Å².